The van der Waals surface area contributed by atoms with Gasteiger partial charge in [0.25, 0.3) is 0 Å². The van der Waals surface area contributed by atoms with Crippen molar-refractivity contribution in [3.63, 3.8) is 0 Å². The standard InChI is InChI=1S/C10H16N4.ClH/c11-9-4-3-8(10(12)14-9)7-2-1-5-13-6-7;/h3-4,7,13H,1-2,5-6H2,(H4,11,12,14);1H. The molecule has 1 saturated heterocycles. The zero-order valence-corrected chi connectivity index (χ0v) is 9.39. The number of hydrogen-bond acceptors (Lipinski definition) is 4. The Kier molecular flexibility index (Phi) is 4.17. The van der Waals surface area contributed by atoms with Gasteiger partial charge in [-0.15, -0.1) is 12.4 Å². The molecule has 2 heterocycles. The molecule has 1 aliphatic heterocycles. The smallest absolute Gasteiger partial charge is 0.129 e. The number of anilines is 2. The molecule has 5 heteroatoms. The molecule has 1 aliphatic rings. The van der Waals surface area contributed by atoms with Crippen molar-refractivity contribution in [1.82, 2.24) is 10.3 Å². The monoisotopic (exact) mass is 228 g/mol. The van der Waals surface area contributed by atoms with Crippen molar-refractivity contribution in [2.75, 3.05) is 24.6 Å². The first-order chi connectivity index (χ1) is 6.77. The normalized spacial score (nSPS) is 20.7. The van der Waals surface area contributed by atoms with Crippen LogP contribution in [-0.2, 0) is 0 Å². The highest BCUT2D eigenvalue weighted by atomic mass is 35.5. The molecular formula is C10H17ClN4. The number of aromatic nitrogens is 1. The van der Waals surface area contributed by atoms with E-state index in [9.17, 15) is 0 Å². The van der Waals surface area contributed by atoms with Crippen LogP contribution in [0.5, 0.6) is 0 Å². The predicted molar refractivity (Wildman–Crippen MR) is 65.2 cm³/mol. The summed E-state index contributed by atoms with van der Waals surface area (Å²) in [5.74, 6) is 1.57. The molecule has 0 spiro atoms. The van der Waals surface area contributed by atoms with Crippen molar-refractivity contribution < 1.29 is 0 Å². The molecule has 0 bridgehead atoms. The number of nitrogens with zero attached hydrogens (tertiary/aromatic N) is 1. The second-order valence-corrected chi connectivity index (χ2v) is 3.75. The van der Waals surface area contributed by atoms with E-state index in [0.717, 1.165) is 18.7 Å². The topological polar surface area (TPSA) is 77.0 Å². The Labute approximate surface area is 95.9 Å². The number of nitrogens with one attached hydrogen (secondary N) is 1. The highest BCUT2D eigenvalue weighted by Gasteiger charge is 2.17. The lowest BCUT2D eigenvalue weighted by atomic mass is 9.92. The molecule has 0 saturated carbocycles. The Morgan fingerprint density at radius 2 is 2.13 bits per heavy atom. The van der Waals surface area contributed by atoms with E-state index in [4.69, 9.17) is 11.5 Å². The number of halogens is 1. The summed E-state index contributed by atoms with van der Waals surface area (Å²) in [6.45, 7) is 2.11. The molecule has 1 atom stereocenters. The molecule has 4 nitrogen and oxygen atoms in total. The summed E-state index contributed by atoms with van der Waals surface area (Å²) in [7, 11) is 0. The van der Waals surface area contributed by atoms with Crippen molar-refractivity contribution in [3.8, 4) is 0 Å². The van der Waals surface area contributed by atoms with E-state index in [1.165, 1.54) is 12.8 Å². The molecule has 84 valence electrons. The number of pyridine rings is 1. The molecule has 1 aromatic heterocycles. The van der Waals surface area contributed by atoms with E-state index in [1.54, 1.807) is 0 Å². The van der Waals surface area contributed by atoms with Gasteiger partial charge in [0.1, 0.15) is 11.6 Å². The second kappa shape index (κ2) is 5.19. The van der Waals surface area contributed by atoms with Gasteiger partial charge in [-0.1, -0.05) is 6.07 Å². The van der Waals surface area contributed by atoms with Crippen molar-refractivity contribution >= 4 is 24.0 Å². The molecule has 1 aromatic rings. The number of rotatable bonds is 1. The molecule has 0 radical (unpaired) electrons. The minimum absolute atomic E-state index is 0. The average Bonchev–Trinajstić information content (AvgIpc) is 2.19. The van der Waals surface area contributed by atoms with Crippen LogP contribution in [0.25, 0.3) is 0 Å². The number of nitrogens with two attached hydrogens (primary N) is 2. The van der Waals surface area contributed by atoms with Gasteiger partial charge in [0.2, 0.25) is 0 Å². The Bertz CT molecular complexity index is 323. The highest BCUT2D eigenvalue weighted by molar-refractivity contribution is 5.85. The van der Waals surface area contributed by atoms with Gasteiger partial charge in [-0.25, -0.2) is 4.98 Å². The fraction of sp³-hybridized carbons (Fsp3) is 0.500. The van der Waals surface area contributed by atoms with E-state index in [1.807, 2.05) is 12.1 Å². The van der Waals surface area contributed by atoms with Gasteiger partial charge in [-0.05, 0) is 31.0 Å². The quantitative estimate of drug-likeness (QED) is 0.674. The zero-order valence-electron chi connectivity index (χ0n) is 8.57. The summed E-state index contributed by atoms with van der Waals surface area (Å²) in [4.78, 5) is 4.08. The summed E-state index contributed by atoms with van der Waals surface area (Å²) in [6.07, 6.45) is 2.39. The predicted octanol–water partition coefficient (Wildman–Crippen LogP) is 1.13. The molecule has 15 heavy (non-hydrogen) atoms. The third kappa shape index (κ3) is 2.73. The Balaban J connectivity index is 0.00000112. The molecule has 1 unspecified atom stereocenters. The van der Waals surface area contributed by atoms with Gasteiger partial charge in [0, 0.05) is 12.5 Å². The maximum atomic E-state index is 5.83. The number of piperidine rings is 1. The van der Waals surface area contributed by atoms with Gasteiger partial charge in [0.15, 0.2) is 0 Å². The van der Waals surface area contributed by atoms with Crippen LogP contribution in [0.15, 0.2) is 12.1 Å². The van der Waals surface area contributed by atoms with Crippen LogP contribution in [0.3, 0.4) is 0 Å². The Morgan fingerprint density at radius 3 is 2.73 bits per heavy atom. The molecule has 1 fully saturated rings. The molecule has 0 aliphatic carbocycles. The maximum Gasteiger partial charge on any atom is 0.129 e. The summed E-state index contributed by atoms with van der Waals surface area (Å²) in [6, 6.07) is 3.82. The Hall–Kier alpha value is -1.00. The summed E-state index contributed by atoms with van der Waals surface area (Å²) < 4.78 is 0. The van der Waals surface area contributed by atoms with Crippen LogP contribution in [0.2, 0.25) is 0 Å². The first kappa shape index (κ1) is 12.1. The van der Waals surface area contributed by atoms with Crippen molar-refractivity contribution in [2.45, 2.75) is 18.8 Å². The molecular weight excluding hydrogens is 212 g/mol. The maximum absolute atomic E-state index is 5.83. The summed E-state index contributed by atoms with van der Waals surface area (Å²) in [5.41, 5.74) is 12.5. The largest absolute Gasteiger partial charge is 0.384 e. The van der Waals surface area contributed by atoms with Gasteiger partial charge in [0.05, 0.1) is 0 Å². The summed E-state index contributed by atoms with van der Waals surface area (Å²) in [5, 5.41) is 3.36. The fourth-order valence-corrected chi connectivity index (χ4v) is 1.96. The lowest BCUT2D eigenvalue weighted by molar-refractivity contribution is 0.462. The van der Waals surface area contributed by atoms with E-state index >= 15 is 0 Å². The lowest BCUT2D eigenvalue weighted by Gasteiger charge is -2.23. The van der Waals surface area contributed by atoms with E-state index in [2.05, 4.69) is 10.3 Å². The summed E-state index contributed by atoms with van der Waals surface area (Å²) >= 11 is 0. The van der Waals surface area contributed by atoms with Crippen LogP contribution in [0.4, 0.5) is 11.6 Å². The number of hydrogen-bond donors (Lipinski definition) is 3. The SMILES string of the molecule is Cl.Nc1ccc(C2CCCNC2)c(N)n1. The van der Waals surface area contributed by atoms with Crippen LogP contribution in [0, 0.1) is 0 Å². The zero-order chi connectivity index (χ0) is 9.97. The molecule has 0 aromatic carbocycles. The van der Waals surface area contributed by atoms with Crippen LogP contribution < -0.4 is 16.8 Å². The van der Waals surface area contributed by atoms with Gasteiger partial charge >= 0.3 is 0 Å². The van der Waals surface area contributed by atoms with Crippen molar-refractivity contribution in [1.29, 1.82) is 0 Å². The first-order valence-electron chi connectivity index (χ1n) is 5.00. The van der Waals surface area contributed by atoms with Crippen LogP contribution in [0.1, 0.15) is 24.3 Å². The average molecular weight is 229 g/mol. The first-order valence-corrected chi connectivity index (χ1v) is 5.00. The number of nitrogen functional groups attached to an aromatic ring is 2. The highest BCUT2D eigenvalue weighted by Crippen LogP contribution is 2.27. The van der Waals surface area contributed by atoms with Gasteiger partial charge in [-0.2, -0.15) is 0 Å². The molecule has 2 rings (SSSR count). The second-order valence-electron chi connectivity index (χ2n) is 3.75. The van der Waals surface area contributed by atoms with Crippen molar-refractivity contribution in [3.05, 3.63) is 17.7 Å². The fourth-order valence-electron chi connectivity index (χ4n) is 1.96. The van der Waals surface area contributed by atoms with E-state index in [-0.39, 0.29) is 12.4 Å². The van der Waals surface area contributed by atoms with E-state index < -0.39 is 0 Å². The Morgan fingerprint density at radius 1 is 1.33 bits per heavy atom. The third-order valence-corrected chi connectivity index (χ3v) is 2.72. The van der Waals surface area contributed by atoms with E-state index in [0.29, 0.717) is 17.6 Å². The third-order valence-electron chi connectivity index (χ3n) is 2.72. The minimum atomic E-state index is 0. The van der Waals surface area contributed by atoms with Gasteiger partial charge < -0.3 is 16.8 Å². The minimum Gasteiger partial charge on any atom is -0.384 e. The lowest BCUT2D eigenvalue weighted by Crippen LogP contribution is -2.28. The molecule has 0 amide bonds. The van der Waals surface area contributed by atoms with Gasteiger partial charge in [-0.3, -0.25) is 0 Å². The van der Waals surface area contributed by atoms with Crippen LogP contribution in [-0.4, -0.2) is 18.1 Å². The molecule has 5 N–H and O–H groups in total. The van der Waals surface area contributed by atoms with Crippen molar-refractivity contribution in [2.24, 2.45) is 0 Å². The van der Waals surface area contributed by atoms with Crippen LogP contribution >= 0.6 is 12.4 Å².